The van der Waals surface area contributed by atoms with Crippen LogP contribution >= 0.6 is 0 Å². The van der Waals surface area contributed by atoms with E-state index >= 15 is 0 Å². The fraction of sp³-hybridized carbons (Fsp3) is 0.364. The summed E-state index contributed by atoms with van der Waals surface area (Å²) in [5.41, 5.74) is 2.26. The first-order valence-corrected chi connectivity index (χ1v) is 9.96. The van der Waals surface area contributed by atoms with Gasteiger partial charge >= 0.3 is 0 Å². The van der Waals surface area contributed by atoms with Gasteiger partial charge in [-0.25, -0.2) is 4.39 Å². The van der Waals surface area contributed by atoms with Crippen LogP contribution in [0.15, 0.2) is 47.0 Å². The Morgan fingerprint density at radius 3 is 2.53 bits per heavy atom. The molecule has 1 amide bonds. The van der Waals surface area contributed by atoms with Gasteiger partial charge < -0.3 is 14.1 Å². The van der Waals surface area contributed by atoms with Crippen molar-refractivity contribution in [2.24, 2.45) is 7.05 Å². The van der Waals surface area contributed by atoms with Gasteiger partial charge in [-0.05, 0) is 43.3 Å². The third kappa shape index (κ3) is 4.71. The molecule has 0 radical (unpaired) electrons. The third-order valence-electron chi connectivity index (χ3n) is 5.24. The molecule has 1 aliphatic heterocycles. The molecule has 4 rings (SSSR count). The monoisotopic (exact) mass is 412 g/mol. The first-order valence-electron chi connectivity index (χ1n) is 9.96. The normalized spacial score (nSPS) is 14.8. The molecule has 3 aromatic rings. The Hall–Kier alpha value is -3.13. The number of rotatable bonds is 6. The second kappa shape index (κ2) is 8.71. The number of aryl methyl sites for hydroxylation is 2. The van der Waals surface area contributed by atoms with E-state index in [9.17, 15) is 9.18 Å². The molecule has 1 aromatic carbocycles. The lowest BCUT2D eigenvalue weighted by atomic mass is 10.2. The first kappa shape index (κ1) is 20.2. The molecule has 0 atom stereocenters. The highest BCUT2D eigenvalue weighted by Gasteiger charge is 2.25. The van der Waals surface area contributed by atoms with Crippen LogP contribution in [0.4, 0.5) is 4.39 Å². The van der Waals surface area contributed by atoms with E-state index in [1.54, 1.807) is 24.3 Å². The number of halogens is 1. The SMILES string of the molecule is Cc1nn(C)cc1CN1CCN(C(=O)c2ccc(COc3ccc(F)cc3)o2)CC1. The van der Waals surface area contributed by atoms with Gasteiger partial charge in [0, 0.05) is 51.5 Å². The van der Waals surface area contributed by atoms with Crippen molar-refractivity contribution in [2.75, 3.05) is 26.2 Å². The lowest BCUT2D eigenvalue weighted by Gasteiger charge is -2.34. The van der Waals surface area contributed by atoms with E-state index in [1.807, 2.05) is 29.7 Å². The number of aromatic nitrogens is 2. The predicted octanol–water partition coefficient (Wildman–Crippen LogP) is 3.00. The summed E-state index contributed by atoms with van der Waals surface area (Å²) in [7, 11) is 1.93. The van der Waals surface area contributed by atoms with Crippen LogP contribution in [-0.4, -0.2) is 51.7 Å². The topological polar surface area (TPSA) is 63.7 Å². The van der Waals surface area contributed by atoms with Crippen molar-refractivity contribution >= 4 is 5.91 Å². The van der Waals surface area contributed by atoms with E-state index in [4.69, 9.17) is 9.15 Å². The highest BCUT2D eigenvalue weighted by Crippen LogP contribution is 2.17. The van der Waals surface area contributed by atoms with Crippen LogP contribution in [0.25, 0.3) is 0 Å². The van der Waals surface area contributed by atoms with Gasteiger partial charge in [0.05, 0.1) is 5.69 Å². The largest absolute Gasteiger partial charge is 0.486 e. The third-order valence-corrected chi connectivity index (χ3v) is 5.24. The molecule has 1 saturated heterocycles. The quantitative estimate of drug-likeness (QED) is 0.623. The minimum Gasteiger partial charge on any atom is -0.486 e. The molecule has 1 fully saturated rings. The van der Waals surface area contributed by atoms with Crippen LogP contribution in [0, 0.1) is 12.7 Å². The van der Waals surface area contributed by atoms with Gasteiger partial charge in [0.1, 0.15) is 23.9 Å². The summed E-state index contributed by atoms with van der Waals surface area (Å²) in [4.78, 5) is 16.9. The Labute approximate surface area is 174 Å². The maximum Gasteiger partial charge on any atom is 0.289 e. The van der Waals surface area contributed by atoms with Crippen LogP contribution in [0.1, 0.15) is 27.6 Å². The van der Waals surface area contributed by atoms with Crippen molar-refractivity contribution in [1.82, 2.24) is 19.6 Å². The van der Waals surface area contributed by atoms with E-state index in [2.05, 4.69) is 10.00 Å². The molecule has 0 unspecified atom stereocenters. The van der Waals surface area contributed by atoms with Crippen molar-refractivity contribution in [3.05, 3.63) is 71.2 Å². The highest BCUT2D eigenvalue weighted by atomic mass is 19.1. The number of ether oxygens (including phenoxy) is 1. The predicted molar refractivity (Wildman–Crippen MR) is 109 cm³/mol. The summed E-state index contributed by atoms with van der Waals surface area (Å²) in [5.74, 6) is 0.974. The molecule has 30 heavy (non-hydrogen) atoms. The van der Waals surface area contributed by atoms with E-state index < -0.39 is 0 Å². The average molecular weight is 412 g/mol. The lowest BCUT2D eigenvalue weighted by molar-refractivity contribution is 0.0594. The molecule has 158 valence electrons. The maximum atomic E-state index is 12.9. The zero-order valence-corrected chi connectivity index (χ0v) is 17.2. The summed E-state index contributed by atoms with van der Waals surface area (Å²) in [6, 6.07) is 9.19. The zero-order valence-electron chi connectivity index (χ0n) is 17.2. The molecular formula is C22H25FN4O3. The number of furan rings is 1. The van der Waals surface area contributed by atoms with E-state index in [-0.39, 0.29) is 18.3 Å². The number of nitrogens with zero attached hydrogens (tertiary/aromatic N) is 4. The molecular weight excluding hydrogens is 387 g/mol. The number of piperazine rings is 1. The van der Waals surface area contributed by atoms with Crippen LogP contribution in [0.3, 0.4) is 0 Å². The van der Waals surface area contributed by atoms with Crippen molar-refractivity contribution < 1.29 is 18.3 Å². The van der Waals surface area contributed by atoms with Crippen molar-refractivity contribution in [1.29, 1.82) is 0 Å². The number of hydrogen-bond acceptors (Lipinski definition) is 5. The first-order chi connectivity index (χ1) is 14.5. The Morgan fingerprint density at radius 2 is 1.87 bits per heavy atom. The Kier molecular flexibility index (Phi) is 5.85. The number of carbonyl (C=O) groups is 1. The van der Waals surface area contributed by atoms with Gasteiger partial charge in [-0.1, -0.05) is 0 Å². The van der Waals surface area contributed by atoms with Crippen molar-refractivity contribution in [2.45, 2.75) is 20.1 Å². The zero-order chi connectivity index (χ0) is 21.1. The molecule has 0 aliphatic carbocycles. The summed E-state index contributed by atoms with van der Waals surface area (Å²) in [6.45, 7) is 5.96. The van der Waals surface area contributed by atoms with Gasteiger partial charge in [-0.15, -0.1) is 0 Å². The number of carbonyl (C=O) groups excluding carboxylic acids is 1. The smallest absolute Gasteiger partial charge is 0.289 e. The Morgan fingerprint density at radius 1 is 1.13 bits per heavy atom. The number of benzene rings is 1. The standard InChI is InChI=1S/C22H25FN4O3/c1-16-17(13-25(2)24-16)14-26-9-11-27(12-10-26)22(28)21-8-7-20(30-21)15-29-19-5-3-18(23)4-6-19/h3-8,13H,9-12,14-15H2,1-2H3. The summed E-state index contributed by atoms with van der Waals surface area (Å²) < 4.78 is 26.0. The molecule has 0 saturated carbocycles. The highest BCUT2D eigenvalue weighted by molar-refractivity contribution is 5.91. The van der Waals surface area contributed by atoms with E-state index in [1.165, 1.54) is 17.7 Å². The summed E-state index contributed by atoms with van der Waals surface area (Å²) >= 11 is 0. The van der Waals surface area contributed by atoms with Crippen LogP contribution < -0.4 is 4.74 Å². The van der Waals surface area contributed by atoms with Crippen molar-refractivity contribution in [3.8, 4) is 5.75 Å². The van der Waals surface area contributed by atoms with Crippen LogP contribution in [-0.2, 0) is 20.2 Å². The van der Waals surface area contributed by atoms with Gasteiger partial charge in [0.25, 0.3) is 5.91 Å². The molecule has 1 aliphatic rings. The van der Waals surface area contributed by atoms with Gasteiger partial charge in [-0.3, -0.25) is 14.4 Å². The molecule has 0 spiro atoms. The minimum atomic E-state index is -0.316. The van der Waals surface area contributed by atoms with Gasteiger partial charge in [0.15, 0.2) is 5.76 Å². The summed E-state index contributed by atoms with van der Waals surface area (Å²) in [5, 5.41) is 4.39. The lowest BCUT2D eigenvalue weighted by Crippen LogP contribution is -2.48. The maximum absolute atomic E-state index is 12.9. The molecule has 8 heteroatoms. The summed E-state index contributed by atoms with van der Waals surface area (Å²) in [6.07, 6.45) is 2.05. The van der Waals surface area contributed by atoms with Gasteiger partial charge in [-0.2, -0.15) is 5.10 Å². The van der Waals surface area contributed by atoms with Crippen LogP contribution in [0.2, 0.25) is 0 Å². The second-order valence-corrected chi connectivity index (χ2v) is 7.49. The Balaban J connectivity index is 1.28. The number of hydrogen-bond donors (Lipinski definition) is 0. The molecule has 7 nitrogen and oxygen atoms in total. The molecule has 0 bridgehead atoms. The fourth-order valence-electron chi connectivity index (χ4n) is 3.57. The molecule has 0 N–H and O–H groups in total. The minimum absolute atomic E-state index is 0.111. The van der Waals surface area contributed by atoms with Gasteiger partial charge in [0.2, 0.25) is 0 Å². The molecule has 2 aromatic heterocycles. The Bertz CT molecular complexity index is 1000. The average Bonchev–Trinajstić information content (AvgIpc) is 3.34. The van der Waals surface area contributed by atoms with E-state index in [0.29, 0.717) is 30.4 Å². The second-order valence-electron chi connectivity index (χ2n) is 7.49. The van der Waals surface area contributed by atoms with Crippen LogP contribution in [0.5, 0.6) is 5.75 Å². The van der Waals surface area contributed by atoms with Crippen molar-refractivity contribution in [3.63, 3.8) is 0 Å². The molecule has 3 heterocycles. The van der Waals surface area contributed by atoms with E-state index in [0.717, 1.165) is 25.3 Å². The number of amides is 1. The fourth-order valence-corrected chi connectivity index (χ4v) is 3.57.